The summed E-state index contributed by atoms with van der Waals surface area (Å²) in [7, 11) is 1.65. The third-order valence-electron chi connectivity index (χ3n) is 2.34. The maximum absolute atomic E-state index is 11.8. The SMILES string of the molecule is CCOC(=O)CSc1nc(C)c(C)c(=O)n1C. The zero-order valence-corrected chi connectivity index (χ0v) is 11.3. The Morgan fingerprint density at radius 3 is 2.71 bits per heavy atom. The van der Waals surface area contributed by atoms with Gasteiger partial charge < -0.3 is 4.74 Å². The maximum Gasteiger partial charge on any atom is 0.316 e. The first kappa shape index (κ1) is 13.8. The molecule has 0 saturated heterocycles. The Balaban J connectivity index is 2.86. The Bertz CT molecular complexity index is 482. The number of esters is 1. The van der Waals surface area contributed by atoms with Gasteiger partial charge >= 0.3 is 5.97 Å². The Kier molecular flexibility index (Phi) is 4.74. The zero-order valence-electron chi connectivity index (χ0n) is 10.4. The molecule has 0 aliphatic heterocycles. The Morgan fingerprint density at radius 2 is 2.12 bits per heavy atom. The molecule has 0 N–H and O–H groups in total. The number of aromatic nitrogens is 2. The van der Waals surface area contributed by atoms with Crippen LogP contribution in [-0.2, 0) is 16.6 Å². The summed E-state index contributed by atoms with van der Waals surface area (Å²) in [5, 5.41) is 0.533. The quantitative estimate of drug-likeness (QED) is 0.458. The first-order valence-electron chi connectivity index (χ1n) is 5.30. The van der Waals surface area contributed by atoms with Crippen molar-refractivity contribution in [2.24, 2.45) is 7.05 Å². The molecule has 1 rings (SSSR count). The van der Waals surface area contributed by atoms with Gasteiger partial charge in [0.25, 0.3) is 5.56 Å². The average Bonchev–Trinajstić information content (AvgIpc) is 2.30. The number of carbonyl (C=O) groups is 1. The highest BCUT2D eigenvalue weighted by atomic mass is 32.2. The van der Waals surface area contributed by atoms with Crippen molar-refractivity contribution in [2.45, 2.75) is 25.9 Å². The van der Waals surface area contributed by atoms with E-state index in [0.717, 1.165) is 0 Å². The molecule has 17 heavy (non-hydrogen) atoms. The van der Waals surface area contributed by atoms with Gasteiger partial charge in [-0.2, -0.15) is 0 Å². The summed E-state index contributed by atoms with van der Waals surface area (Å²) < 4.78 is 6.26. The van der Waals surface area contributed by atoms with Crippen molar-refractivity contribution in [3.63, 3.8) is 0 Å². The summed E-state index contributed by atoms with van der Waals surface area (Å²) in [5.41, 5.74) is 1.25. The third-order valence-corrected chi connectivity index (χ3v) is 3.35. The number of aryl methyl sites for hydroxylation is 1. The number of thioether (sulfide) groups is 1. The van der Waals surface area contributed by atoms with Crippen LogP contribution >= 0.6 is 11.8 Å². The smallest absolute Gasteiger partial charge is 0.316 e. The van der Waals surface area contributed by atoms with Crippen molar-refractivity contribution in [3.05, 3.63) is 21.6 Å². The van der Waals surface area contributed by atoms with E-state index in [1.165, 1.54) is 16.3 Å². The lowest BCUT2D eigenvalue weighted by Gasteiger charge is -2.09. The minimum absolute atomic E-state index is 0.0798. The molecular weight excluding hydrogens is 240 g/mol. The summed E-state index contributed by atoms with van der Waals surface area (Å²) in [5.74, 6) is -0.138. The lowest BCUT2D eigenvalue weighted by atomic mass is 10.3. The van der Waals surface area contributed by atoms with Crippen LogP contribution in [0.5, 0.6) is 0 Å². The zero-order chi connectivity index (χ0) is 13.0. The summed E-state index contributed by atoms with van der Waals surface area (Å²) >= 11 is 1.21. The van der Waals surface area contributed by atoms with E-state index in [1.54, 1.807) is 27.8 Å². The van der Waals surface area contributed by atoms with Gasteiger partial charge in [-0.1, -0.05) is 11.8 Å². The van der Waals surface area contributed by atoms with E-state index in [2.05, 4.69) is 4.98 Å². The number of hydrogen-bond donors (Lipinski definition) is 0. The molecule has 94 valence electrons. The van der Waals surface area contributed by atoms with Gasteiger partial charge in [0.05, 0.1) is 12.4 Å². The van der Waals surface area contributed by atoms with Crippen LogP contribution in [0, 0.1) is 13.8 Å². The molecule has 0 atom stereocenters. The van der Waals surface area contributed by atoms with Crippen molar-refractivity contribution < 1.29 is 9.53 Å². The molecule has 0 unspecified atom stereocenters. The summed E-state index contributed by atoms with van der Waals surface area (Å²) in [6.07, 6.45) is 0. The molecule has 1 aromatic heterocycles. The second kappa shape index (κ2) is 5.86. The van der Waals surface area contributed by atoms with Gasteiger partial charge in [0, 0.05) is 18.3 Å². The van der Waals surface area contributed by atoms with Crippen molar-refractivity contribution in [1.29, 1.82) is 0 Å². The fourth-order valence-electron chi connectivity index (χ4n) is 1.25. The molecule has 0 radical (unpaired) electrons. The molecule has 6 heteroatoms. The number of ether oxygens (including phenoxy) is 1. The van der Waals surface area contributed by atoms with E-state index in [4.69, 9.17) is 4.74 Å². The second-order valence-corrected chi connectivity index (χ2v) is 4.51. The van der Waals surface area contributed by atoms with Crippen LogP contribution in [0.25, 0.3) is 0 Å². The van der Waals surface area contributed by atoms with E-state index in [9.17, 15) is 9.59 Å². The van der Waals surface area contributed by atoms with Crippen LogP contribution < -0.4 is 5.56 Å². The lowest BCUT2D eigenvalue weighted by molar-refractivity contribution is -0.139. The Morgan fingerprint density at radius 1 is 1.47 bits per heavy atom. The lowest BCUT2D eigenvalue weighted by Crippen LogP contribution is -2.24. The number of hydrogen-bond acceptors (Lipinski definition) is 5. The minimum atomic E-state index is -0.301. The highest BCUT2D eigenvalue weighted by molar-refractivity contribution is 7.99. The summed E-state index contributed by atoms with van der Waals surface area (Å²) in [4.78, 5) is 27.3. The standard InChI is InChI=1S/C11H16N2O3S/c1-5-16-9(14)6-17-11-12-8(3)7(2)10(15)13(11)4/h5-6H2,1-4H3. The molecule has 0 aliphatic rings. The summed E-state index contributed by atoms with van der Waals surface area (Å²) in [6, 6.07) is 0. The van der Waals surface area contributed by atoms with Gasteiger partial charge in [-0.05, 0) is 20.8 Å². The van der Waals surface area contributed by atoms with Crippen molar-refractivity contribution in [3.8, 4) is 0 Å². The molecule has 5 nitrogen and oxygen atoms in total. The van der Waals surface area contributed by atoms with Crippen molar-refractivity contribution >= 4 is 17.7 Å². The number of rotatable bonds is 4. The summed E-state index contributed by atoms with van der Waals surface area (Å²) in [6.45, 7) is 5.64. The molecular formula is C11H16N2O3S. The molecule has 0 aliphatic carbocycles. The molecule has 1 aromatic rings. The first-order valence-corrected chi connectivity index (χ1v) is 6.28. The number of carbonyl (C=O) groups excluding carboxylic acids is 1. The predicted molar refractivity (Wildman–Crippen MR) is 66.3 cm³/mol. The maximum atomic E-state index is 11.8. The van der Waals surface area contributed by atoms with E-state index in [1.807, 2.05) is 0 Å². The normalized spacial score (nSPS) is 10.4. The molecule has 0 bridgehead atoms. The fourth-order valence-corrected chi connectivity index (χ4v) is 2.06. The Hall–Kier alpha value is -1.30. The van der Waals surface area contributed by atoms with Gasteiger partial charge in [-0.15, -0.1) is 0 Å². The van der Waals surface area contributed by atoms with Gasteiger partial charge in [-0.25, -0.2) is 4.98 Å². The van der Waals surface area contributed by atoms with E-state index in [-0.39, 0.29) is 17.3 Å². The molecule has 1 heterocycles. The minimum Gasteiger partial charge on any atom is -0.465 e. The molecule has 0 aromatic carbocycles. The van der Waals surface area contributed by atoms with Gasteiger partial charge in [-0.3, -0.25) is 14.2 Å². The molecule has 0 amide bonds. The average molecular weight is 256 g/mol. The highest BCUT2D eigenvalue weighted by Crippen LogP contribution is 2.14. The second-order valence-electron chi connectivity index (χ2n) is 3.56. The van der Waals surface area contributed by atoms with Gasteiger partial charge in [0.1, 0.15) is 0 Å². The highest BCUT2D eigenvalue weighted by Gasteiger charge is 2.11. The molecule has 0 saturated carbocycles. The molecule has 0 fully saturated rings. The fraction of sp³-hybridized carbons (Fsp3) is 0.545. The van der Waals surface area contributed by atoms with Crippen LogP contribution in [-0.4, -0.2) is 27.9 Å². The van der Waals surface area contributed by atoms with Crippen molar-refractivity contribution in [2.75, 3.05) is 12.4 Å². The van der Waals surface area contributed by atoms with E-state index >= 15 is 0 Å². The number of nitrogens with zero attached hydrogens (tertiary/aromatic N) is 2. The van der Waals surface area contributed by atoms with E-state index in [0.29, 0.717) is 23.0 Å². The van der Waals surface area contributed by atoms with Crippen molar-refractivity contribution in [1.82, 2.24) is 9.55 Å². The van der Waals surface area contributed by atoms with Crippen LogP contribution in [0.3, 0.4) is 0 Å². The third kappa shape index (κ3) is 3.33. The van der Waals surface area contributed by atoms with E-state index < -0.39 is 0 Å². The largest absolute Gasteiger partial charge is 0.465 e. The monoisotopic (exact) mass is 256 g/mol. The predicted octanol–water partition coefficient (Wildman–Crippen LogP) is 1.05. The van der Waals surface area contributed by atoms with Gasteiger partial charge in [0.15, 0.2) is 5.16 Å². The molecule has 0 spiro atoms. The van der Waals surface area contributed by atoms with Crippen LogP contribution in [0.2, 0.25) is 0 Å². The Labute approximate surface area is 104 Å². The van der Waals surface area contributed by atoms with Crippen LogP contribution in [0.4, 0.5) is 0 Å². The van der Waals surface area contributed by atoms with Gasteiger partial charge in [0.2, 0.25) is 0 Å². The van der Waals surface area contributed by atoms with Crippen LogP contribution in [0.1, 0.15) is 18.2 Å². The topological polar surface area (TPSA) is 61.2 Å². The van der Waals surface area contributed by atoms with Crippen LogP contribution in [0.15, 0.2) is 9.95 Å². The first-order chi connectivity index (χ1) is 7.97.